The summed E-state index contributed by atoms with van der Waals surface area (Å²) in [6, 6.07) is 11.3. The summed E-state index contributed by atoms with van der Waals surface area (Å²) in [6.07, 6.45) is -0.216. The molecule has 9 heteroatoms. The van der Waals surface area contributed by atoms with E-state index in [1.54, 1.807) is 0 Å². The number of nitrogens with one attached hydrogen (secondary N) is 2. The number of nitriles is 1. The molecule has 9 nitrogen and oxygen atoms in total. The van der Waals surface area contributed by atoms with Crippen molar-refractivity contribution in [3.8, 4) is 11.8 Å². The van der Waals surface area contributed by atoms with Crippen LogP contribution in [0.3, 0.4) is 0 Å². The van der Waals surface area contributed by atoms with Gasteiger partial charge in [-0.05, 0) is 12.1 Å². The van der Waals surface area contributed by atoms with Crippen molar-refractivity contribution >= 4 is 11.5 Å². The van der Waals surface area contributed by atoms with E-state index in [1.165, 1.54) is 4.68 Å². The van der Waals surface area contributed by atoms with Gasteiger partial charge >= 0.3 is 0 Å². The van der Waals surface area contributed by atoms with E-state index in [0.717, 1.165) is 0 Å². The minimum atomic E-state index is -0.342. The van der Waals surface area contributed by atoms with E-state index >= 15 is 0 Å². The Bertz CT molecular complexity index is 1140. The summed E-state index contributed by atoms with van der Waals surface area (Å²) in [5.41, 5.74) is 1.74. The quantitative estimate of drug-likeness (QED) is 0.532. The van der Waals surface area contributed by atoms with Gasteiger partial charge in [-0.2, -0.15) is 10.4 Å². The van der Waals surface area contributed by atoms with E-state index in [1.807, 2.05) is 51.1 Å². The molecule has 1 fully saturated rings. The van der Waals surface area contributed by atoms with Crippen LogP contribution >= 0.6 is 0 Å². The standard InChI is InChI=1S/C19H19N7O2/c1-19(2,3)16-12(9-20)17(24-22-16)23-21-15-14(13-10-28-13)25-26(18(15)27)11-7-5-4-6-8-11/h4-8,13,25H,10H2,1-3H3,(H,22,24). The zero-order valence-electron chi connectivity index (χ0n) is 15.7. The number of azo groups is 1. The number of hydrogen-bond acceptors (Lipinski definition) is 6. The minimum absolute atomic E-state index is 0.149. The van der Waals surface area contributed by atoms with Crippen LogP contribution in [-0.4, -0.2) is 26.6 Å². The molecule has 2 aromatic heterocycles. The number of aromatic amines is 2. The van der Waals surface area contributed by atoms with Gasteiger partial charge in [0.15, 0.2) is 5.69 Å². The number of benzene rings is 1. The molecule has 3 heterocycles. The summed E-state index contributed by atoms with van der Waals surface area (Å²) < 4.78 is 6.73. The van der Waals surface area contributed by atoms with E-state index in [4.69, 9.17) is 4.74 Å². The molecule has 0 aliphatic carbocycles. The summed E-state index contributed by atoms with van der Waals surface area (Å²) in [6.45, 7) is 6.41. The van der Waals surface area contributed by atoms with Crippen LogP contribution in [0.25, 0.3) is 5.69 Å². The van der Waals surface area contributed by atoms with Crippen LogP contribution in [0.5, 0.6) is 0 Å². The molecule has 1 atom stereocenters. The minimum Gasteiger partial charge on any atom is -0.366 e. The third-order valence-electron chi connectivity index (χ3n) is 4.42. The summed E-state index contributed by atoms with van der Waals surface area (Å²) in [7, 11) is 0. The van der Waals surface area contributed by atoms with Crippen molar-refractivity contribution in [3.05, 3.63) is 57.6 Å². The third-order valence-corrected chi connectivity index (χ3v) is 4.42. The van der Waals surface area contributed by atoms with Gasteiger partial charge in [-0.3, -0.25) is 15.0 Å². The summed E-state index contributed by atoms with van der Waals surface area (Å²) in [5.74, 6) is 0.155. The second kappa shape index (κ2) is 6.58. The lowest BCUT2D eigenvalue weighted by atomic mass is 9.90. The molecule has 0 amide bonds. The summed E-state index contributed by atoms with van der Waals surface area (Å²) in [4.78, 5) is 12.9. The second-order valence-corrected chi connectivity index (χ2v) is 7.53. The average Bonchev–Trinajstić information content (AvgIpc) is 3.34. The smallest absolute Gasteiger partial charge is 0.299 e. The number of hydrogen-bond donors (Lipinski definition) is 2. The van der Waals surface area contributed by atoms with Crippen molar-refractivity contribution in [2.75, 3.05) is 6.61 Å². The van der Waals surface area contributed by atoms with Crippen molar-refractivity contribution in [3.63, 3.8) is 0 Å². The molecule has 142 valence electrons. The highest BCUT2D eigenvalue weighted by Crippen LogP contribution is 2.35. The maximum atomic E-state index is 12.9. The third kappa shape index (κ3) is 3.14. The fourth-order valence-electron chi connectivity index (χ4n) is 2.89. The maximum absolute atomic E-state index is 12.9. The first-order chi connectivity index (χ1) is 13.4. The molecule has 4 rings (SSSR count). The number of ether oxygens (including phenoxy) is 1. The molecule has 1 aliphatic rings. The van der Waals surface area contributed by atoms with Gasteiger partial charge in [0.25, 0.3) is 5.56 Å². The Morgan fingerprint density at radius 2 is 2.00 bits per heavy atom. The van der Waals surface area contributed by atoms with Gasteiger partial charge in [-0.1, -0.05) is 39.0 Å². The van der Waals surface area contributed by atoms with Crippen molar-refractivity contribution in [2.24, 2.45) is 10.2 Å². The Morgan fingerprint density at radius 1 is 1.29 bits per heavy atom. The lowest BCUT2D eigenvalue weighted by molar-refractivity contribution is 0.410. The first-order valence-electron chi connectivity index (χ1n) is 8.82. The molecule has 0 spiro atoms. The lowest BCUT2D eigenvalue weighted by Gasteiger charge is -2.15. The first-order valence-corrected chi connectivity index (χ1v) is 8.82. The van der Waals surface area contributed by atoms with Crippen LogP contribution in [0.2, 0.25) is 0 Å². The van der Waals surface area contributed by atoms with Crippen LogP contribution in [0.4, 0.5) is 11.5 Å². The van der Waals surface area contributed by atoms with Crippen molar-refractivity contribution in [2.45, 2.75) is 32.3 Å². The number of nitrogens with zero attached hydrogens (tertiary/aromatic N) is 5. The van der Waals surface area contributed by atoms with Gasteiger partial charge in [0.1, 0.15) is 17.7 Å². The Labute approximate surface area is 160 Å². The van der Waals surface area contributed by atoms with Crippen molar-refractivity contribution in [1.82, 2.24) is 20.0 Å². The molecule has 3 aromatic rings. The summed E-state index contributed by atoms with van der Waals surface area (Å²) >= 11 is 0. The van der Waals surface area contributed by atoms with E-state index in [-0.39, 0.29) is 28.6 Å². The Balaban J connectivity index is 1.77. The van der Waals surface area contributed by atoms with E-state index in [2.05, 4.69) is 31.6 Å². The van der Waals surface area contributed by atoms with Crippen LogP contribution in [0.1, 0.15) is 43.8 Å². The molecule has 2 N–H and O–H groups in total. The molecular weight excluding hydrogens is 358 g/mol. The number of para-hydroxylation sites is 1. The molecule has 0 saturated carbocycles. The maximum Gasteiger partial charge on any atom is 0.299 e. The van der Waals surface area contributed by atoms with Gasteiger partial charge < -0.3 is 4.74 Å². The zero-order valence-corrected chi connectivity index (χ0v) is 15.7. The number of rotatable bonds is 4. The molecule has 28 heavy (non-hydrogen) atoms. The number of epoxide rings is 1. The predicted molar refractivity (Wildman–Crippen MR) is 101 cm³/mol. The zero-order chi connectivity index (χ0) is 19.9. The Hall–Kier alpha value is -3.51. The van der Waals surface area contributed by atoms with Gasteiger partial charge in [0, 0.05) is 5.41 Å². The van der Waals surface area contributed by atoms with E-state index in [9.17, 15) is 10.1 Å². The SMILES string of the molecule is CC(C)(C)c1[nH]nc(N=Nc2c(C3CO3)[nH]n(-c3ccccc3)c2=O)c1C#N. The molecule has 1 aliphatic heterocycles. The molecule has 1 saturated heterocycles. The largest absolute Gasteiger partial charge is 0.366 e. The normalized spacial score (nSPS) is 16.4. The molecular formula is C19H19N7O2. The Morgan fingerprint density at radius 3 is 2.61 bits per heavy atom. The average molecular weight is 377 g/mol. The van der Waals surface area contributed by atoms with Gasteiger partial charge in [0.05, 0.1) is 23.7 Å². The first kappa shape index (κ1) is 17.9. The summed E-state index contributed by atoms with van der Waals surface area (Å²) in [5, 5.41) is 27.7. The molecule has 1 unspecified atom stereocenters. The van der Waals surface area contributed by atoms with Crippen molar-refractivity contribution in [1.29, 1.82) is 5.26 Å². The van der Waals surface area contributed by atoms with Crippen LogP contribution in [0.15, 0.2) is 45.4 Å². The number of H-pyrrole nitrogens is 2. The molecule has 0 radical (unpaired) electrons. The Kier molecular flexibility index (Phi) is 4.20. The number of aromatic nitrogens is 4. The van der Waals surface area contributed by atoms with Gasteiger partial charge in [-0.25, -0.2) is 4.68 Å². The van der Waals surface area contributed by atoms with Crippen LogP contribution in [-0.2, 0) is 10.2 Å². The van der Waals surface area contributed by atoms with Gasteiger partial charge in [0.2, 0.25) is 5.82 Å². The van der Waals surface area contributed by atoms with Gasteiger partial charge in [-0.15, -0.1) is 10.2 Å². The fourth-order valence-corrected chi connectivity index (χ4v) is 2.89. The highest BCUT2D eigenvalue weighted by atomic mass is 16.6. The van der Waals surface area contributed by atoms with Crippen molar-refractivity contribution < 1.29 is 4.74 Å². The topological polar surface area (TPSA) is 128 Å². The van der Waals surface area contributed by atoms with Crippen LogP contribution in [0, 0.1) is 11.3 Å². The monoisotopic (exact) mass is 377 g/mol. The lowest BCUT2D eigenvalue weighted by Crippen LogP contribution is -2.13. The predicted octanol–water partition coefficient (Wildman–Crippen LogP) is 3.54. The van der Waals surface area contributed by atoms with E-state index in [0.29, 0.717) is 29.2 Å². The molecule has 0 bridgehead atoms. The van der Waals surface area contributed by atoms with E-state index < -0.39 is 0 Å². The highest BCUT2D eigenvalue weighted by Gasteiger charge is 2.32. The second-order valence-electron chi connectivity index (χ2n) is 7.53. The fraction of sp³-hybridized carbons (Fsp3) is 0.316. The van der Waals surface area contributed by atoms with Crippen LogP contribution < -0.4 is 5.56 Å². The molecule has 1 aromatic carbocycles. The highest BCUT2D eigenvalue weighted by molar-refractivity contribution is 5.53.